The molecule has 5 aromatic rings. The van der Waals surface area contributed by atoms with Crippen LogP contribution in [-0.4, -0.2) is 66.0 Å². The molecule has 0 amide bonds. The van der Waals surface area contributed by atoms with Gasteiger partial charge in [-0.25, -0.2) is 4.79 Å². The Morgan fingerprint density at radius 3 is 2.05 bits per heavy atom. The van der Waals surface area contributed by atoms with Crippen molar-refractivity contribution in [3.63, 3.8) is 0 Å². The molecule has 3 atom stereocenters. The summed E-state index contributed by atoms with van der Waals surface area (Å²) in [5, 5.41) is 4.01. The van der Waals surface area contributed by atoms with Crippen molar-refractivity contribution in [1.82, 2.24) is 5.06 Å². The van der Waals surface area contributed by atoms with Crippen LogP contribution < -0.4 is 15.1 Å². The van der Waals surface area contributed by atoms with Gasteiger partial charge in [-0.1, -0.05) is 130 Å². The molecule has 1 aliphatic heterocycles. The van der Waals surface area contributed by atoms with E-state index in [9.17, 15) is 9.59 Å². The first-order chi connectivity index (χ1) is 29.4. The zero-order valence-electron chi connectivity index (χ0n) is 35.8. The number of hydrogen-bond donors (Lipinski definition) is 0. The summed E-state index contributed by atoms with van der Waals surface area (Å²) >= 11 is 3.80. The molecular formula is C49H56BrNO9Si. The second-order valence-electron chi connectivity index (χ2n) is 16.2. The van der Waals surface area contributed by atoms with Crippen LogP contribution in [0.1, 0.15) is 62.3 Å². The van der Waals surface area contributed by atoms with E-state index in [1.165, 1.54) is 30.7 Å². The largest absolute Gasteiger partial charge is 0.497 e. The SMILES string of the molecule is COC(=O)/C=C/[C@]1(C(=O)OC)C[C@H](COCc2ccccc2)ON(Cc2ccc(OC)cc2)[C@@H]1c1oc(CCCO[Si](c2ccccc2)(c2ccccc2)C(C)(C)C)cc1Br. The maximum absolute atomic E-state index is 14.4. The lowest BCUT2D eigenvalue weighted by molar-refractivity contribution is -0.296. The van der Waals surface area contributed by atoms with E-state index in [1.54, 1.807) is 18.2 Å². The summed E-state index contributed by atoms with van der Waals surface area (Å²) in [5.41, 5.74) is 0.397. The van der Waals surface area contributed by atoms with Gasteiger partial charge in [-0.15, -0.1) is 0 Å². The number of hydrogen-bond acceptors (Lipinski definition) is 10. The average Bonchev–Trinajstić information content (AvgIpc) is 3.64. The van der Waals surface area contributed by atoms with E-state index in [4.69, 9.17) is 32.6 Å². The maximum atomic E-state index is 14.4. The summed E-state index contributed by atoms with van der Waals surface area (Å²) in [4.78, 5) is 33.9. The summed E-state index contributed by atoms with van der Waals surface area (Å²) in [6.07, 6.45) is 3.55. The van der Waals surface area contributed by atoms with Crippen LogP contribution in [0.3, 0.4) is 0 Å². The highest BCUT2D eigenvalue weighted by molar-refractivity contribution is 9.10. The predicted octanol–water partition coefficient (Wildman–Crippen LogP) is 8.91. The minimum absolute atomic E-state index is 0.112. The molecule has 0 spiro atoms. The molecule has 12 heteroatoms. The Labute approximate surface area is 369 Å². The van der Waals surface area contributed by atoms with Gasteiger partial charge < -0.3 is 27.8 Å². The van der Waals surface area contributed by atoms with Crippen LogP contribution in [0.15, 0.2) is 142 Å². The van der Waals surface area contributed by atoms with Crippen molar-refractivity contribution < 1.29 is 42.2 Å². The summed E-state index contributed by atoms with van der Waals surface area (Å²) in [7, 11) is 1.50. The smallest absolute Gasteiger partial charge is 0.330 e. The van der Waals surface area contributed by atoms with Crippen molar-refractivity contribution in [2.24, 2.45) is 5.41 Å². The lowest BCUT2D eigenvalue weighted by Crippen LogP contribution is -2.66. The Bertz CT molecular complexity index is 2150. The molecule has 0 radical (unpaired) electrons. The highest BCUT2D eigenvalue weighted by Gasteiger charge is 2.56. The summed E-state index contributed by atoms with van der Waals surface area (Å²) in [6, 6.07) is 39.6. The third-order valence-electron chi connectivity index (χ3n) is 11.1. The van der Waals surface area contributed by atoms with Crippen molar-refractivity contribution in [3.8, 4) is 5.75 Å². The van der Waals surface area contributed by atoms with Gasteiger partial charge >= 0.3 is 11.9 Å². The minimum atomic E-state index is -2.74. The average molecular weight is 911 g/mol. The molecule has 6 rings (SSSR count). The van der Waals surface area contributed by atoms with Crippen molar-refractivity contribution in [3.05, 3.63) is 161 Å². The van der Waals surface area contributed by atoms with Crippen molar-refractivity contribution in [2.75, 3.05) is 34.5 Å². The van der Waals surface area contributed by atoms with Crippen LogP contribution in [0.2, 0.25) is 5.04 Å². The molecule has 61 heavy (non-hydrogen) atoms. The Kier molecular flexibility index (Phi) is 15.6. The normalized spacial score (nSPS) is 18.5. The quantitative estimate of drug-likeness (QED) is 0.0367. The Morgan fingerprint density at radius 2 is 1.48 bits per heavy atom. The van der Waals surface area contributed by atoms with E-state index in [0.717, 1.165) is 11.1 Å². The number of carbonyl (C=O) groups is 2. The first kappa shape index (κ1) is 45.7. The van der Waals surface area contributed by atoms with Crippen LogP contribution in [0.25, 0.3) is 0 Å². The number of halogens is 1. The fraction of sp³-hybridized carbons (Fsp3) is 0.347. The molecule has 0 bridgehead atoms. The van der Waals surface area contributed by atoms with E-state index in [0.29, 0.717) is 47.8 Å². The second-order valence-corrected chi connectivity index (χ2v) is 21.3. The standard InChI is InChI=1S/C49H56BrNO9Si/c1-48(2,3)61(41-20-12-8-13-21-41,42-22-14-9-15-23-42)58-30-16-19-39-31-43(50)45(59-39)46-49(47(53)56-6,29-28-44(52)55-5)32-40(35-57-34-37-17-10-7-11-18-37)60-51(46)33-36-24-26-38(54-4)27-25-36/h7-15,17-18,20-29,31,40,46H,16,19,30,32-35H2,1-6H3/b29-28+/t40-,46-,49+/m1/s1. The molecule has 322 valence electrons. The lowest BCUT2D eigenvalue weighted by atomic mass is 9.72. The van der Waals surface area contributed by atoms with Gasteiger partial charge in [-0.2, -0.15) is 5.06 Å². The highest BCUT2D eigenvalue weighted by atomic mass is 79.9. The molecule has 1 fully saturated rings. The van der Waals surface area contributed by atoms with Gasteiger partial charge in [0.1, 0.15) is 34.8 Å². The number of aryl methyl sites for hydroxylation is 1. The van der Waals surface area contributed by atoms with Gasteiger partial charge in [0.15, 0.2) is 0 Å². The molecule has 1 saturated heterocycles. The summed E-state index contributed by atoms with van der Waals surface area (Å²) in [6.45, 7) is 8.03. The van der Waals surface area contributed by atoms with Gasteiger partial charge in [-0.3, -0.25) is 9.63 Å². The monoisotopic (exact) mass is 909 g/mol. The van der Waals surface area contributed by atoms with Crippen LogP contribution in [0.5, 0.6) is 5.75 Å². The van der Waals surface area contributed by atoms with E-state index in [2.05, 4.69) is 85.2 Å². The maximum Gasteiger partial charge on any atom is 0.330 e. The zero-order valence-corrected chi connectivity index (χ0v) is 38.4. The van der Waals surface area contributed by atoms with E-state index in [1.807, 2.05) is 72.8 Å². The first-order valence-corrected chi connectivity index (χ1v) is 23.2. The topological polar surface area (TPSA) is 106 Å². The third kappa shape index (κ3) is 10.6. The summed E-state index contributed by atoms with van der Waals surface area (Å²) in [5.74, 6) is 0.653. The number of methoxy groups -OCH3 is 3. The van der Waals surface area contributed by atoms with Crippen molar-refractivity contribution in [1.29, 1.82) is 0 Å². The molecule has 2 heterocycles. The molecule has 1 aliphatic rings. The van der Waals surface area contributed by atoms with Crippen LogP contribution >= 0.6 is 15.9 Å². The second kappa shape index (κ2) is 20.8. The number of esters is 2. The molecule has 0 saturated carbocycles. The fourth-order valence-corrected chi connectivity index (χ4v) is 13.4. The van der Waals surface area contributed by atoms with Crippen LogP contribution in [0.4, 0.5) is 0 Å². The van der Waals surface area contributed by atoms with E-state index >= 15 is 0 Å². The zero-order chi connectivity index (χ0) is 43.5. The number of nitrogens with zero attached hydrogens (tertiary/aromatic N) is 1. The van der Waals surface area contributed by atoms with E-state index < -0.39 is 37.8 Å². The van der Waals surface area contributed by atoms with E-state index in [-0.39, 0.29) is 24.6 Å². The Balaban J connectivity index is 1.34. The molecule has 0 aliphatic carbocycles. The molecular weight excluding hydrogens is 855 g/mol. The van der Waals surface area contributed by atoms with Crippen LogP contribution in [-0.2, 0) is 52.6 Å². The van der Waals surface area contributed by atoms with Crippen LogP contribution in [0, 0.1) is 5.41 Å². The number of rotatable bonds is 18. The fourth-order valence-electron chi connectivity index (χ4n) is 8.28. The van der Waals surface area contributed by atoms with Crippen molar-refractivity contribution in [2.45, 2.75) is 70.4 Å². The van der Waals surface area contributed by atoms with Gasteiger partial charge in [0, 0.05) is 25.6 Å². The van der Waals surface area contributed by atoms with Crippen molar-refractivity contribution >= 4 is 46.6 Å². The number of furan rings is 1. The Hall–Kier alpha value is -4.82. The predicted molar refractivity (Wildman–Crippen MR) is 241 cm³/mol. The summed E-state index contributed by atoms with van der Waals surface area (Å²) < 4.78 is 36.8. The molecule has 10 nitrogen and oxygen atoms in total. The number of benzene rings is 4. The highest BCUT2D eigenvalue weighted by Crippen LogP contribution is 2.52. The Morgan fingerprint density at radius 1 is 0.852 bits per heavy atom. The van der Waals surface area contributed by atoms with Gasteiger partial charge in [0.25, 0.3) is 8.32 Å². The first-order valence-electron chi connectivity index (χ1n) is 20.5. The molecule has 4 aromatic carbocycles. The number of ether oxygens (including phenoxy) is 4. The third-order valence-corrected chi connectivity index (χ3v) is 16.8. The minimum Gasteiger partial charge on any atom is -0.497 e. The van der Waals surface area contributed by atoms with Gasteiger partial charge in [0.2, 0.25) is 0 Å². The molecule has 0 N–H and O–H groups in total. The molecule has 1 aromatic heterocycles. The van der Waals surface area contributed by atoms with Gasteiger partial charge in [-0.05, 0) is 73.5 Å². The number of carbonyl (C=O) groups excluding carboxylic acids is 2. The van der Waals surface area contributed by atoms with Gasteiger partial charge in [0.05, 0.1) is 39.0 Å². The lowest BCUT2D eigenvalue weighted by Gasteiger charge is -2.48. The number of hydroxylamine groups is 2. The molecule has 0 unspecified atom stereocenters.